The fourth-order valence-electron chi connectivity index (χ4n) is 0.625. The topological polar surface area (TPSA) is 0 Å². The molecule has 0 aromatic heterocycles. The van der Waals surface area contributed by atoms with Crippen molar-refractivity contribution in [3.63, 3.8) is 0 Å². The zero-order chi connectivity index (χ0) is 17.8. The van der Waals surface area contributed by atoms with Crippen molar-refractivity contribution in [3.05, 3.63) is 59.8 Å². The molecule has 0 heterocycles. The lowest BCUT2D eigenvalue weighted by molar-refractivity contribution is 1.09. The fraction of sp³-hybridized carbons (Fsp3) is 0.524. The van der Waals surface area contributed by atoms with Crippen molar-refractivity contribution in [2.75, 3.05) is 0 Å². The summed E-state index contributed by atoms with van der Waals surface area (Å²) >= 11 is 0. The Labute approximate surface area is 136 Å². The van der Waals surface area contributed by atoms with E-state index in [1.54, 1.807) is 6.08 Å². The molecule has 0 spiro atoms. The zero-order valence-corrected chi connectivity index (χ0v) is 16.4. The summed E-state index contributed by atoms with van der Waals surface area (Å²) in [5.74, 6) is 0. The van der Waals surface area contributed by atoms with Crippen LogP contribution in [-0.4, -0.2) is 0 Å². The second-order valence-electron chi connectivity index (χ2n) is 4.74. The summed E-state index contributed by atoms with van der Waals surface area (Å²) in [5.41, 5.74) is 5.10. The maximum atomic E-state index is 3.76. The highest BCUT2D eigenvalue weighted by Crippen LogP contribution is 2.02. The molecule has 0 N–H and O–H groups in total. The van der Waals surface area contributed by atoms with E-state index in [9.17, 15) is 0 Å². The van der Waals surface area contributed by atoms with Gasteiger partial charge in [-0.05, 0) is 41.5 Å². The zero-order valence-electron chi connectivity index (χ0n) is 16.4. The molecule has 0 aromatic carbocycles. The Kier molecular flexibility index (Phi) is 31.6. The molecule has 0 nitrogen and oxygen atoms in total. The lowest BCUT2D eigenvalue weighted by atomic mass is 10.2. The molecule has 0 aromatic rings. The van der Waals surface area contributed by atoms with Gasteiger partial charge in [-0.25, -0.2) is 0 Å². The number of allylic oxidation sites excluding steroid dienone is 8. The summed E-state index contributed by atoms with van der Waals surface area (Å²) in [5, 5.41) is 0. The largest absolute Gasteiger partial charge is 0.0991 e. The Morgan fingerprint density at radius 1 is 0.952 bits per heavy atom. The standard InChI is InChI=1S/C9H14.C7H12.C3H8.C2H6/c1-5-6-7-9(4)8(2)3;1-5-7(4)6(2)3;1-3-2;1-2/h5-7H,1H2,2-4H3;5H,2H2,1,3-4H3;3H2,1-2H3;1-2H3/b7-6-;7-5-;;. The normalized spacial score (nSPS) is 9.14. The molecule has 0 bridgehead atoms. The Morgan fingerprint density at radius 2 is 1.33 bits per heavy atom. The lowest BCUT2D eigenvalue weighted by Gasteiger charge is -1.92. The van der Waals surface area contributed by atoms with Gasteiger partial charge >= 0.3 is 0 Å². The van der Waals surface area contributed by atoms with Gasteiger partial charge in [-0.15, -0.1) is 0 Å². The first-order chi connectivity index (χ1) is 9.78. The van der Waals surface area contributed by atoms with Gasteiger partial charge in [-0.2, -0.15) is 0 Å². The minimum Gasteiger partial charge on any atom is -0.0991 e. The summed E-state index contributed by atoms with van der Waals surface area (Å²) < 4.78 is 0. The second-order valence-corrected chi connectivity index (χ2v) is 4.74. The van der Waals surface area contributed by atoms with Crippen LogP contribution in [-0.2, 0) is 0 Å². The molecule has 0 atom stereocenters. The van der Waals surface area contributed by atoms with Gasteiger partial charge in [-0.3, -0.25) is 0 Å². The maximum absolute atomic E-state index is 3.76. The van der Waals surface area contributed by atoms with Crippen molar-refractivity contribution in [2.45, 2.75) is 75.7 Å². The molecule has 0 amide bonds. The molecule has 0 rings (SSSR count). The van der Waals surface area contributed by atoms with Crippen molar-refractivity contribution in [1.82, 2.24) is 0 Å². The summed E-state index contributed by atoms with van der Waals surface area (Å²) in [6.07, 6.45) is 9.10. The van der Waals surface area contributed by atoms with Crippen LogP contribution in [0, 0.1) is 0 Å². The van der Waals surface area contributed by atoms with Crippen LogP contribution in [0.2, 0.25) is 0 Å². The van der Waals surface area contributed by atoms with E-state index in [4.69, 9.17) is 0 Å². The third-order valence-electron chi connectivity index (χ3n) is 2.38. The molecule has 21 heavy (non-hydrogen) atoms. The van der Waals surface area contributed by atoms with E-state index in [1.807, 2.05) is 33.8 Å². The van der Waals surface area contributed by atoms with Crippen LogP contribution >= 0.6 is 0 Å². The summed E-state index contributed by atoms with van der Waals surface area (Å²) in [6, 6.07) is 0. The van der Waals surface area contributed by atoms with E-state index in [1.165, 1.54) is 23.1 Å². The van der Waals surface area contributed by atoms with Crippen LogP contribution in [0.25, 0.3) is 0 Å². The minimum atomic E-state index is 1.16. The molecule has 0 fully saturated rings. The van der Waals surface area contributed by atoms with Gasteiger partial charge in [0.15, 0.2) is 0 Å². The highest BCUT2D eigenvalue weighted by Gasteiger charge is 1.81. The highest BCUT2D eigenvalue weighted by atomic mass is 13.9. The number of rotatable bonds is 3. The molecular weight excluding hydrogens is 252 g/mol. The number of hydrogen-bond donors (Lipinski definition) is 0. The van der Waals surface area contributed by atoms with Crippen LogP contribution < -0.4 is 0 Å². The van der Waals surface area contributed by atoms with E-state index < -0.39 is 0 Å². The lowest BCUT2D eigenvalue weighted by Crippen LogP contribution is -1.71. The van der Waals surface area contributed by atoms with Crippen LogP contribution in [0.1, 0.15) is 75.7 Å². The van der Waals surface area contributed by atoms with Crippen molar-refractivity contribution in [3.8, 4) is 0 Å². The minimum absolute atomic E-state index is 1.16. The van der Waals surface area contributed by atoms with Crippen LogP contribution in [0.4, 0.5) is 0 Å². The van der Waals surface area contributed by atoms with E-state index >= 15 is 0 Å². The molecule has 0 saturated carbocycles. The molecular formula is C21H40. The quantitative estimate of drug-likeness (QED) is 0.461. The fourth-order valence-corrected chi connectivity index (χ4v) is 0.625. The van der Waals surface area contributed by atoms with Crippen molar-refractivity contribution < 1.29 is 0 Å². The molecule has 0 heteroatoms. The Morgan fingerprint density at radius 3 is 1.48 bits per heavy atom. The Hall–Kier alpha value is -1.30. The summed E-state index contributed by atoms with van der Waals surface area (Å²) in [6.45, 7) is 28.0. The average molecular weight is 293 g/mol. The van der Waals surface area contributed by atoms with Gasteiger partial charge in [0.05, 0.1) is 0 Å². The Balaban J connectivity index is -0.000000107. The average Bonchev–Trinajstić information content (AvgIpc) is 2.47. The van der Waals surface area contributed by atoms with E-state index in [0.29, 0.717) is 0 Å². The van der Waals surface area contributed by atoms with E-state index in [-0.39, 0.29) is 0 Å². The third-order valence-corrected chi connectivity index (χ3v) is 2.38. The van der Waals surface area contributed by atoms with Gasteiger partial charge in [0, 0.05) is 0 Å². The van der Waals surface area contributed by atoms with Gasteiger partial charge < -0.3 is 0 Å². The van der Waals surface area contributed by atoms with Crippen LogP contribution in [0.3, 0.4) is 0 Å². The second kappa shape index (κ2) is 23.8. The highest BCUT2D eigenvalue weighted by molar-refractivity contribution is 5.23. The van der Waals surface area contributed by atoms with Gasteiger partial charge in [0.1, 0.15) is 0 Å². The SMILES string of the molecule is C=C(C)/C(C)=C\C.C=C/C=C\C(C)=C(C)C.CC.CCC. The van der Waals surface area contributed by atoms with Crippen LogP contribution in [0.5, 0.6) is 0 Å². The predicted octanol–water partition coefficient (Wildman–Crippen LogP) is 8.06. The summed E-state index contributed by atoms with van der Waals surface area (Å²) in [7, 11) is 0. The van der Waals surface area contributed by atoms with Gasteiger partial charge in [0.25, 0.3) is 0 Å². The Bertz CT molecular complexity index is 318. The van der Waals surface area contributed by atoms with Crippen LogP contribution in [0.15, 0.2) is 59.8 Å². The van der Waals surface area contributed by atoms with Crippen molar-refractivity contribution >= 4 is 0 Å². The smallest absolute Gasteiger partial charge is 0.0398 e. The predicted molar refractivity (Wildman–Crippen MR) is 105 cm³/mol. The molecule has 0 unspecified atom stereocenters. The van der Waals surface area contributed by atoms with Gasteiger partial charge in [-0.1, -0.05) is 93.9 Å². The van der Waals surface area contributed by atoms with Crippen molar-refractivity contribution in [2.24, 2.45) is 0 Å². The molecule has 0 aliphatic heterocycles. The van der Waals surface area contributed by atoms with E-state index in [2.05, 4.69) is 66.9 Å². The van der Waals surface area contributed by atoms with E-state index in [0.717, 1.165) is 5.57 Å². The summed E-state index contributed by atoms with van der Waals surface area (Å²) in [4.78, 5) is 0. The third kappa shape index (κ3) is 32.3. The first-order valence-corrected chi connectivity index (χ1v) is 8.00. The first kappa shape index (κ1) is 27.9. The molecule has 0 aliphatic rings. The first-order valence-electron chi connectivity index (χ1n) is 8.00. The molecule has 124 valence electrons. The van der Waals surface area contributed by atoms with Gasteiger partial charge in [0.2, 0.25) is 0 Å². The molecule has 0 aliphatic carbocycles. The monoisotopic (exact) mass is 292 g/mol. The molecule has 0 radical (unpaired) electrons. The molecule has 0 saturated heterocycles. The maximum Gasteiger partial charge on any atom is -0.0398 e. The van der Waals surface area contributed by atoms with Crippen molar-refractivity contribution in [1.29, 1.82) is 0 Å². The number of hydrogen-bond acceptors (Lipinski definition) is 0.